The molecule has 0 saturated carbocycles. The fraction of sp³-hybridized carbons (Fsp3) is 0.588. The van der Waals surface area contributed by atoms with Gasteiger partial charge in [-0.25, -0.2) is 0 Å². The van der Waals surface area contributed by atoms with Crippen molar-refractivity contribution < 1.29 is 9.53 Å². The second-order valence-corrected chi connectivity index (χ2v) is 5.70. The monoisotopic (exact) mass is 290 g/mol. The van der Waals surface area contributed by atoms with Gasteiger partial charge in [0.2, 0.25) is 5.91 Å². The van der Waals surface area contributed by atoms with Gasteiger partial charge in [0.05, 0.1) is 12.5 Å². The summed E-state index contributed by atoms with van der Waals surface area (Å²) in [7, 11) is 1.68. The molecule has 4 nitrogen and oxygen atoms in total. The average Bonchev–Trinajstić information content (AvgIpc) is 3.04. The molecule has 1 heterocycles. The highest BCUT2D eigenvalue weighted by Gasteiger charge is 2.25. The van der Waals surface area contributed by atoms with Crippen molar-refractivity contribution in [1.82, 2.24) is 10.2 Å². The smallest absolute Gasteiger partial charge is 0.229 e. The molecule has 0 bridgehead atoms. The number of carbonyl (C=O) groups is 1. The molecule has 0 spiro atoms. The van der Waals surface area contributed by atoms with Crippen LogP contribution in [0.5, 0.6) is 0 Å². The molecule has 1 aromatic carbocycles. The van der Waals surface area contributed by atoms with Gasteiger partial charge in [-0.3, -0.25) is 4.79 Å². The Morgan fingerprint density at radius 2 is 2.19 bits per heavy atom. The molecule has 1 N–H and O–H groups in total. The second kappa shape index (κ2) is 8.15. The van der Waals surface area contributed by atoms with Gasteiger partial charge < -0.3 is 15.0 Å². The van der Waals surface area contributed by atoms with Crippen molar-refractivity contribution in [2.45, 2.75) is 31.7 Å². The van der Waals surface area contributed by atoms with Crippen LogP contribution in [0.15, 0.2) is 30.3 Å². The van der Waals surface area contributed by atoms with Crippen molar-refractivity contribution in [3.63, 3.8) is 0 Å². The molecule has 1 aromatic rings. The van der Waals surface area contributed by atoms with Crippen LogP contribution < -0.4 is 5.32 Å². The van der Waals surface area contributed by atoms with E-state index >= 15 is 0 Å². The minimum absolute atomic E-state index is 0.107. The van der Waals surface area contributed by atoms with Gasteiger partial charge in [0.1, 0.15) is 0 Å². The molecular weight excluding hydrogens is 264 g/mol. The number of carbonyl (C=O) groups excluding carboxylic acids is 1. The lowest BCUT2D eigenvalue weighted by Crippen LogP contribution is -2.44. The summed E-state index contributed by atoms with van der Waals surface area (Å²) >= 11 is 0. The van der Waals surface area contributed by atoms with E-state index in [1.807, 2.05) is 42.2 Å². The molecule has 0 aliphatic carbocycles. The van der Waals surface area contributed by atoms with Gasteiger partial charge in [-0.1, -0.05) is 30.3 Å². The van der Waals surface area contributed by atoms with Gasteiger partial charge in [0.25, 0.3) is 0 Å². The number of nitrogens with one attached hydrogen (secondary N) is 1. The van der Waals surface area contributed by atoms with Crippen LogP contribution in [0.25, 0.3) is 0 Å². The number of benzene rings is 1. The third-order valence-electron chi connectivity index (χ3n) is 4.15. The molecule has 116 valence electrons. The molecule has 4 heteroatoms. The Kier molecular flexibility index (Phi) is 6.21. The average molecular weight is 290 g/mol. The van der Waals surface area contributed by atoms with E-state index in [-0.39, 0.29) is 11.8 Å². The molecule has 1 fully saturated rings. The molecule has 2 unspecified atom stereocenters. The number of rotatable bonds is 7. The maximum absolute atomic E-state index is 12.8. The Morgan fingerprint density at radius 3 is 2.81 bits per heavy atom. The fourth-order valence-electron chi connectivity index (χ4n) is 2.83. The number of nitrogens with zero attached hydrogens (tertiary/aromatic N) is 1. The molecule has 1 aliphatic heterocycles. The van der Waals surface area contributed by atoms with Gasteiger partial charge in [0, 0.05) is 26.2 Å². The Labute approximate surface area is 127 Å². The van der Waals surface area contributed by atoms with Gasteiger partial charge in [-0.2, -0.15) is 0 Å². The summed E-state index contributed by atoms with van der Waals surface area (Å²) in [6, 6.07) is 10.4. The minimum atomic E-state index is -0.107. The Bertz CT molecular complexity index is 430. The quantitative estimate of drug-likeness (QED) is 0.835. The zero-order chi connectivity index (χ0) is 15.1. The number of hydrogen-bond donors (Lipinski definition) is 1. The van der Waals surface area contributed by atoms with Crippen molar-refractivity contribution in [1.29, 1.82) is 0 Å². The summed E-state index contributed by atoms with van der Waals surface area (Å²) in [6.07, 6.45) is 2.35. The molecule has 21 heavy (non-hydrogen) atoms. The van der Waals surface area contributed by atoms with E-state index in [0.29, 0.717) is 19.2 Å². The first-order valence-electron chi connectivity index (χ1n) is 7.78. The SMILES string of the molecule is COCCN(CC1CCCN1)C(=O)C(C)c1ccccc1. The van der Waals surface area contributed by atoms with E-state index in [0.717, 1.165) is 25.1 Å². The van der Waals surface area contributed by atoms with Crippen molar-refractivity contribution in [2.75, 3.05) is 33.4 Å². The highest BCUT2D eigenvalue weighted by atomic mass is 16.5. The number of ether oxygens (including phenoxy) is 1. The molecule has 2 atom stereocenters. The van der Waals surface area contributed by atoms with E-state index in [4.69, 9.17) is 4.74 Å². The second-order valence-electron chi connectivity index (χ2n) is 5.70. The van der Waals surface area contributed by atoms with Gasteiger partial charge in [-0.15, -0.1) is 0 Å². The molecule has 2 rings (SSSR count). The predicted molar refractivity (Wildman–Crippen MR) is 84.3 cm³/mol. The van der Waals surface area contributed by atoms with Crippen molar-refractivity contribution in [3.05, 3.63) is 35.9 Å². The van der Waals surface area contributed by atoms with Crippen LogP contribution >= 0.6 is 0 Å². The van der Waals surface area contributed by atoms with Crippen LogP contribution in [0.2, 0.25) is 0 Å². The standard InChI is InChI=1S/C17H26N2O2/c1-14(15-7-4-3-5-8-15)17(20)19(11-12-21-2)13-16-9-6-10-18-16/h3-5,7-8,14,16,18H,6,9-13H2,1-2H3. The maximum atomic E-state index is 12.8. The predicted octanol–water partition coefficient (Wildman–Crippen LogP) is 2.02. The van der Waals surface area contributed by atoms with Crippen molar-refractivity contribution >= 4 is 5.91 Å². The Hall–Kier alpha value is -1.39. The van der Waals surface area contributed by atoms with Crippen LogP contribution in [-0.2, 0) is 9.53 Å². The minimum Gasteiger partial charge on any atom is -0.383 e. The van der Waals surface area contributed by atoms with Crippen molar-refractivity contribution in [2.24, 2.45) is 0 Å². The zero-order valence-corrected chi connectivity index (χ0v) is 13.0. The number of amides is 1. The third kappa shape index (κ3) is 4.55. The molecule has 0 aromatic heterocycles. The lowest BCUT2D eigenvalue weighted by molar-refractivity contribution is -0.133. The van der Waals surface area contributed by atoms with Gasteiger partial charge in [-0.05, 0) is 31.9 Å². The normalized spacial score (nSPS) is 19.4. The largest absolute Gasteiger partial charge is 0.383 e. The highest BCUT2D eigenvalue weighted by molar-refractivity contribution is 5.83. The number of methoxy groups -OCH3 is 1. The summed E-state index contributed by atoms with van der Waals surface area (Å²) in [4.78, 5) is 14.7. The first-order chi connectivity index (χ1) is 10.2. The van der Waals surface area contributed by atoms with Crippen LogP contribution in [0.3, 0.4) is 0 Å². The lowest BCUT2D eigenvalue weighted by Gasteiger charge is -2.28. The molecule has 1 saturated heterocycles. The topological polar surface area (TPSA) is 41.6 Å². The van der Waals surface area contributed by atoms with Gasteiger partial charge >= 0.3 is 0 Å². The van der Waals surface area contributed by atoms with E-state index in [1.165, 1.54) is 6.42 Å². The van der Waals surface area contributed by atoms with Crippen LogP contribution in [0.1, 0.15) is 31.2 Å². The fourth-order valence-corrected chi connectivity index (χ4v) is 2.83. The molecule has 0 radical (unpaired) electrons. The number of hydrogen-bond acceptors (Lipinski definition) is 3. The maximum Gasteiger partial charge on any atom is 0.229 e. The first-order valence-corrected chi connectivity index (χ1v) is 7.78. The summed E-state index contributed by atoms with van der Waals surface area (Å²) in [6.45, 7) is 5.06. The zero-order valence-electron chi connectivity index (χ0n) is 13.0. The third-order valence-corrected chi connectivity index (χ3v) is 4.15. The Balaban J connectivity index is 2.01. The van der Waals surface area contributed by atoms with Gasteiger partial charge in [0.15, 0.2) is 0 Å². The van der Waals surface area contributed by atoms with E-state index < -0.39 is 0 Å². The molecular formula is C17H26N2O2. The lowest BCUT2D eigenvalue weighted by atomic mass is 9.99. The highest BCUT2D eigenvalue weighted by Crippen LogP contribution is 2.18. The first kappa shape index (κ1) is 16.0. The summed E-state index contributed by atoms with van der Waals surface area (Å²) in [5.41, 5.74) is 1.07. The summed E-state index contributed by atoms with van der Waals surface area (Å²) in [5.74, 6) is 0.0800. The van der Waals surface area contributed by atoms with E-state index in [9.17, 15) is 4.79 Å². The Morgan fingerprint density at radius 1 is 1.43 bits per heavy atom. The van der Waals surface area contributed by atoms with Crippen LogP contribution in [0.4, 0.5) is 0 Å². The van der Waals surface area contributed by atoms with E-state index in [1.54, 1.807) is 7.11 Å². The summed E-state index contributed by atoms with van der Waals surface area (Å²) in [5, 5.41) is 3.46. The van der Waals surface area contributed by atoms with E-state index in [2.05, 4.69) is 5.32 Å². The van der Waals surface area contributed by atoms with Crippen molar-refractivity contribution in [3.8, 4) is 0 Å². The summed E-state index contributed by atoms with van der Waals surface area (Å²) < 4.78 is 5.16. The van der Waals surface area contributed by atoms with Crippen LogP contribution in [-0.4, -0.2) is 50.2 Å². The van der Waals surface area contributed by atoms with Crippen LogP contribution in [0, 0.1) is 0 Å². The molecule has 1 amide bonds. The molecule has 1 aliphatic rings.